The third-order valence-electron chi connectivity index (χ3n) is 2.30. The van der Waals surface area contributed by atoms with Crippen molar-refractivity contribution in [2.24, 2.45) is 7.05 Å². The number of rotatable bonds is 3. The number of carbonyl (C=O) groups excluding carboxylic acids is 1. The predicted molar refractivity (Wildman–Crippen MR) is 55.4 cm³/mol. The van der Waals surface area contributed by atoms with Crippen LogP contribution in [0, 0.1) is 6.92 Å². The van der Waals surface area contributed by atoms with Gasteiger partial charge in [-0.25, -0.2) is 0 Å². The van der Waals surface area contributed by atoms with E-state index in [-0.39, 0.29) is 10.2 Å². The average Bonchev–Trinajstić information content (AvgIpc) is 2.43. The van der Waals surface area contributed by atoms with Crippen molar-refractivity contribution in [2.45, 2.75) is 25.4 Å². The second kappa shape index (κ2) is 4.60. The van der Waals surface area contributed by atoms with E-state index < -0.39 is 24.3 Å². The maximum Gasteiger partial charge on any atom is 0.461 e. The summed E-state index contributed by atoms with van der Waals surface area (Å²) in [5, 5.41) is 3.80. The van der Waals surface area contributed by atoms with E-state index in [1.54, 1.807) is 0 Å². The zero-order valence-electron chi connectivity index (χ0n) is 9.28. The summed E-state index contributed by atoms with van der Waals surface area (Å²) in [6.07, 6.45) is -6.94. The van der Waals surface area contributed by atoms with E-state index >= 15 is 0 Å². The second-order valence-electron chi connectivity index (χ2n) is 3.64. The third kappa shape index (κ3) is 2.55. The lowest BCUT2D eigenvalue weighted by Gasteiger charge is -2.18. The van der Waals surface area contributed by atoms with E-state index in [4.69, 9.17) is 0 Å². The number of nitrogens with zero attached hydrogens (tertiary/aromatic N) is 2. The monoisotopic (exact) mass is 334 g/mol. The minimum atomic E-state index is -5.88. The molecule has 0 bridgehead atoms. The standard InChI is InChI=1S/C9H8BrF5N2O/c1-4-7(10)5(17(2)16-4)3-6(18)8(11,12)9(13,14)15/h3H2,1-2H3. The van der Waals surface area contributed by atoms with Crippen LogP contribution in [0.2, 0.25) is 0 Å². The molecule has 0 aliphatic heterocycles. The van der Waals surface area contributed by atoms with Gasteiger partial charge in [-0.05, 0) is 22.9 Å². The molecule has 1 heterocycles. The molecule has 1 aromatic heterocycles. The molecule has 3 nitrogen and oxygen atoms in total. The van der Waals surface area contributed by atoms with Crippen LogP contribution in [0.25, 0.3) is 0 Å². The maximum atomic E-state index is 12.8. The number of Topliss-reactive ketones (excluding diaryl/α,β-unsaturated/α-hetero) is 1. The van der Waals surface area contributed by atoms with Crippen molar-refractivity contribution >= 4 is 21.7 Å². The molecule has 0 N–H and O–H groups in total. The van der Waals surface area contributed by atoms with Crippen molar-refractivity contribution in [3.8, 4) is 0 Å². The van der Waals surface area contributed by atoms with Crippen LogP contribution in [0.3, 0.4) is 0 Å². The van der Waals surface area contributed by atoms with Crippen LogP contribution >= 0.6 is 15.9 Å². The molecule has 0 atom stereocenters. The number of ketones is 1. The first-order valence-corrected chi connectivity index (χ1v) is 5.43. The molecule has 18 heavy (non-hydrogen) atoms. The molecule has 0 saturated heterocycles. The van der Waals surface area contributed by atoms with Crippen molar-refractivity contribution in [3.05, 3.63) is 15.9 Å². The fourth-order valence-corrected chi connectivity index (χ4v) is 1.77. The summed E-state index contributed by atoms with van der Waals surface area (Å²) in [7, 11) is 1.35. The molecule has 9 heteroatoms. The third-order valence-corrected chi connectivity index (χ3v) is 3.33. The van der Waals surface area contributed by atoms with Crippen LogP contribution in [-0.2, 0) is 18.3 Å². The van der Waals surface area contributed by atoms with Gasteiger partial charge in [0.15, 0.2) is 0 Å². The minimum absolute atomic E-state index is 0.0265. The van der Waals surface area contributed by atoms with Crippen molar-refractivity contribution in [1.82, 2.24) is 9.78 Å². The Hall–Kier alpha value is -0.990. The van der Waals surface area contributed by atoms with Crippen LogP contribution in [0.4, 0.5) is 22.0 Å². The van der Waals surface area contributed by atoms with Gasteiger partial charge in [0.05, 0.1) is 22.3 Å². The summed E-state index contributed by atoms with van der Waals surface area (Å²) >= 11 is 2.99. The van der Waals surface area contributed by atoms with Crippen molar-refractivity contribution in [2.75, 3.05) is 0 Å². The van der Waals surface area contributed by atoms with E-state index in [2.05, 4.69) is 21.0 Å². The van der Waals surface area contributed by atoms with Crippen molar-refractivity contribution < 1.29 is 26.7 Å². The van der Waals surface area contributed by atoms with Gasteiger partial charge in [-0.15, -0.1) is 0 Å². The molecule has 0 aromatic carbocycles. The first-order valence-electron chi connectivity index (χ1n) is 4.64. The zero-order valence-corrected chi connectivity index (χ0v) is 10.9. The largest absolute Gasteiger partial charge is 0.461 e. The van der Waals surface area contributed by atoms with Gasteiger partial charge in [-0.1, -0.05) is 0 Å². The Bertz CT molecular complexity index is 480. The Morgan fingerprint density at radius 3 is 2.17 bits per heavy atom. The number of aryl methyl sites for hydroxylation is 2. The number of hydrogen-bond donors (Lipinski definition) is 0. The average molecular weight is 335 g/mol. The van der Waals surface area contributed by atoms with Crippen LogP contribution in [0.15, 0.2) is 4.47 Å². The van der Waals surface area contributed by atoms with E-state index in [1.807, 2.05) is 0 Å². The molecule has 1 aromatic rings. The molecule has 102 valence electrons. The number of carbonyl (C=O) groups is 1. The molecule has 0 aliphatic carbocycles. The van der Waals surface area contributed by atoms with Crippen molar-refractivity contribution in [1.29, 1.82) is 0 Å². The Balaban J connectivity index is 3.02. The molecule has 0 radical (unpaired) electrons. The Morgan fingerprint density at radius 1 is 1.33 bits per heavy atom. The summed E-state index contributed by atoms with van der Waals surface area (Å²) in [5.74, 6) is -7.57. The number of aromatic nitrogens is 2. The summed E-state index contributed by atoms with van der Waals surface area (Å²) < 4.78 is 62.8. The Morgan fingerprint density at radius 2 is 1.83 bits per heavy atom. The molecule has 0 saturated carbocycles. The van der Waals surface area contributed by atoms with Gasteiger partial charge in [-0.2, -0.15) is 27.1 Å². The highest BCUT2D eigenvalue weighted by molar-refractivity contribution is 9.10. The van der Waals surface area contributed by atoms with Crippen LogP contribution in [0.5, 0.6) is 0 Å². The fraction of sp³-hybridized carbons (Fsp3) is 0.556. The van der Waals surface area contributed by atoms with E-state index in [9.17, 15) is 26.7 Å². The van der Waals surface area contributed by atoms with Gasteiger partial charge in [-0.3, -0.25) is 9.48 Å². The minimum Gasteiger partial charge on any atom is -0.292 e. The predicted octanol–water partition coefficient (Wildman–Crippen LogP) is 2.80. The topological polar surface area (TPSA) is 34.9 Å². The summed E-state index contributed by atoms with van der Waals surface area (Å²) in [6.45, 7) is 1.53. The van der Waals surface area contributed by atoms with E-state index in [0.717, 1.165) is 4.68 Å². The Labute approximate surface area is 107 Å². The highest BCUT2D eigenvalue weighted by atomic mass is 79.9. The van der Waals surface area contributed by atoms with E-state index in [1.165, 1.54) is 14.0 Å². The molecular weight excluding hydrogens is 327 g/mol. The van der Waals surface area contributed by atoms with Crippen LogP contribution in [0.1, 0.15) is 11.4 Å². The Kier molecular flexibility index (Phi) is 3.85. The molecule has 1 rings (SSSR count). The van der Waals surface area contributed by atoms with Gasteiger partial charge in [0.1, 0.15) is 0 Å². The fourth-order valence-electron chi connectivity index (χ4n) is 1.29. The zero-order chi connectivity index (χ0) is 14.3. The molecule has 0 amide bonds. The molecular formula is C9H8BrF5N2O. The molecule has 0 aliphatic rings. The van der Waals surface area contributed by atoms with Crippen LogP contribution < -0.4 is 0 Å². The van der Waals surface area contributed by atoms with Crippen molar-refractivity contribution in [3.63, 3.8) is 0 Å². The summed E-state index contributed by atoms with van der Waals surface area (Å²) in [6, 6.07) is 0. The molecule has 0 unspecified atom stereocenters. The number of halogens is 6. The highest BCUT2D eigenvalue weighted by Crippen LogP contribution is 2.37. The summed E-state index contributed by atoms with van der Waals surface area (Å²) in [4.78, 5) is 11.1. The first kappa shape index (κ1) is 15.1. The van der Waals surface area contributed by atoms with Crippen LogP contribution in [-0.4, -0.2) is 27.7 Å². The highest BCUT2D eigenvalue weighted by Gasteiger charge is 2.62. The van der Waals surface area contributed by atoms with Gasteiger partial charge in [0.2, 0.25) is 5.78 Å². The first-order chi connectivity index (χ1) is 7.98. The smallest absolute Gasteiger partial charge is 0.292 e. The second-order valence-corrected chi connectivity index (χ2v) is 4.43. The summed E-state index contributed by atoms with van der Waals surface area (Å²) in [5.41, 5.74) is 0.372. The SMILES string of the molecule is Cc1nn(C)c(CC(=O)C(F)(F)C(F)(F)F)c1Br. The van der Waals surface area contributed by atoms with Gasteiger partial charge in [0.25, 0.3) is 0 Å². The van der Waals surface area contributed by atoms with Gasteiger partial charge < -0.3 is 0 Å². The normalized spacial score (nSPS) is 12.9. The maximum absolute atomic E-state index is 12.8. The van der Waals surface area contributed by atoms with Gasteiger partial charge in [0, 0.05) is 7.05 Å². The number of alkyl halides is 5. The van der Waals surface area contributed by atoms with Gasteiger partial charge >= 0.3 is 12.1 Å². The quantitative estimate of drug-likeness (QED) is 0.797. The molecule has 0 fully saturated rings. The lowest BCUT2D eigenvalue weighted by atomic mass is 10.1. The number of hydrogen-bond acceptors (Lipinski definition) is 2. The lowest BCUT2D eigenvalue weighted by molar-refractivity contribution is -0.268. The molecule has 0 spiro atoms. The lowest BCUT2D eigenvalue weighted by Crippen LogP contribution is -2.45. The van der Waals surface area contributed by atoms with E-state index in [0.29, 0.717) is 5.69 Å².